The Morgan fingerprint density at radius 2 is 2.22 bits per heavy atom. The Hall–Kier alpha value is -0.680. The van der Waals surface area contributed by atoms with E-state index in [1.165, 1.54) is 0 Å². The molecule has 0 fully saturated rings. The van der Waals surface area contributed by atoms with Crippen LogP contribution in [-0.4, -0.2) is 31.5 Å². The van der Waals surface area contributed by atoms with Crippen LogP contribution in [0.5, 0.6) is 11.5 Å². The Morgan fingerprint density at radius 3 is 2.83 bits per heavy atom. The standard InChI is InChI=1S/C13H17BrO3S/c1-3-18-6-4-5-17-13-11(14)7-10(9-15)8-12(13)16-2/h7-9H,3-6H2,1-2H3. The van der Waals surface area contributed by atoms with Gasteiger partial charge >= 0.3 is 0 Å². The average Bonchev–Trinajstić information content (AvgIpc) is 2.39. The van der Waals surface area contributed by atoms with E-state index in [1.54, 1.807) is 19.2 Å². The summed E-state index contributed by atoms with van der Waals surface area (Å²) >= 11 is 5.29. The zero-order valence-electron chi connectivity index (χ0n) is 10.6. The van der Waals surface area contributed by atoms with E-state index < -0.39 is 0 Å². The number of carbonyl (C=O) groups is 1. The van der Waals surface area contributed by atoms with E-state index in [-0.39, 0.29) is 0 Å². The summed E-state index contributed by atoms with van der Waals surface area (Å²) in [6, 6.07) is 3.40. The van der Waals surface area contributed by atoms with Crippen LogP contribution in [0.4, 0.5) is 0 Å². The number of ether oxygens (including phenoxy) is 2. The number of aldehydes is 1. The van der Waals surface area contributed by atoms with Crippen LogP contribution >= 0.6 is 27.7 Å². The van der Waals surface area contributed by atoms with E-state index in [1.807, 2.05) is 11.8 Å². The molecule has 0 atom stereocenters. The highest BCUT2D eigenvalue weighted by Gasteiger charge is 2.11. The number of hydrogen-bond donors (Lipinski definition) is 0. The van der Waals surface area contributed by atoms with Crippen LogP contribution < -0.4 is 9.47 Å². The van der Waals surface area contributed by atoms with E-state index in [4.69, 9.17) is 9.47 Å². The Balaban J connectivity index is 2.66. The molecule has 0 aromatic heterocycles. The van der Waals surface area contributed by atoms with Gasteiger partial charge in [0.05, 0.1) is 18.2 Å². The number of rotatable bonds is 8. The number of methoxy groups -OCH3 is 1. The van der Waals surface area contributed by atoms with Gasteiger partial charge in [0.15, 0.2) is 11.5 Å². The summed E-state index contributed by atoms with van der Waals surface area (Å²) in [5.41, 5.74) is 0.563. The predicted molar refractivity (Wildman–Crippen MR) is 79.2 cm³/mol. The van der Waals surface area contributed by atoms with Gasteiger partial charge in [-0.05, 0) is 46.0 Å². The Bertz CT molecular complexity index is 396. The van der Waals surface area contributed by atoms with Crippen molar-refractivity contribution < 1.29 is 14.3 Å². The van der Waals surface area contributed by atoms with Crippen LogP contribution in [0.2, 0.25) is 0 Å². The summed E-state index contributed by atoms with van der Waals surface area (Å²) in [5.74, 6) is 3.45. The van der Waals surface area contributed by atoms with Gasteiger partial charge in [0.25, 0.3) is 0 Å². The smallest absolute Gasteiger partial charge is 0.175 e. The Labute approximate surface area is 120 Å². The molecule has 1 aromatic rings. The lowest BCUT2D eigenvalue weighted by atomic mass is 10.2. The fourth-order valence-corrected chi connectivity index (χ4v) is 2.61. The van der Waals surface area contributed by atoms with Crippen molar-refractivity contribution in [3.8, 4) is 11.5 Å². The molecular formula is C13H17BrO3S. The van der Waals surface area contributed by atoms with Gasteiger partial charge in [0.1, 0.15) is 6.29 Å². The van der Waals surface area contributed by atoms with Crippen LogP contribution in [0.15, 0.2) is 16.6 Å². The molecular weight excluding hydrogens is 316 g/mol. The van der Waals surface area contributed by atoms with Crippen molar-refractivity contribution in [2.75, 3.05) is 25.2 Å². The van der Waals surface area contributed by atoms with Crippen molar-refractivity contribution in [1.29, 1.82) is 0 Å². The van der Waals surface area contributed by atoms with Crippen molar-refractivity contribution in [1.82, 2.24) is 0 Å². The first-order chi connectivity index (χ1) is 8.72. The van der Waals surface area contributed by atoms with Gasteiger partial charge in [0, 0.05) is 5.56 Å². The molecule has 100 valence electrons. The van der Waals surface area contributed by atoms with Gasteiger partial charge < -0.3 is 9.47 Å². The second-order valence-electron chi connectivity index (χ2n) is 3.55. The lowest BCUT2D eigenvalue weighted by Gasteiger charge is -2.13. The first kappa shape index (κ1) is 15.4. The van der Waals surface area contributed by atoms with Gasteiger partial charge in [-0.15, -0.1) is 0 Å². The molecule has 3 nitrogen and oxygen atoms in total. The molecule has 18 heavy (non-hydrogen) atoms. The summed E-state index contributed by atoms with van der Waals surface area (Å²) < 4.78 is 11.7. The van der Waals surface area contributed by atoms with E-state index in [9.17, 15) is 4.79 Å². The number of thioether (sulfide) groups is 1. The summed E-state index contributed by atoms with van der Waals surface area (Å²) in [4.78, 5) is 10.8. The molecule has 0 radical (unpaired) electrons. The number of hydrogen-bond acceptors (Lipinski definition) is 4. The highest BCUT2D eigenvalue weighted by atomic mass is 79.9. The summed E-state index contributed by atoms with van der Waals surface area (Å²) in [7, 11) is 1.57. The molecule has 0 aliphatic rings. The Kier molecular flexibility index (Phi) is 7.20. The first-order valence-electron chi connectivity index (χ1n) is 5.76. The predicted octanol–water partition coefficient (Wildman–Crippen LogP) is 3.79. The third kappa shape index (κ3) is 4.53. The van der Waals surface area contributed by atoms with Crippen molar-refractivity contribution >= 4 is 34.0 Å². The minimum absolute atomic E-state index is 0.563. The fraction of sp³-hybridized carbons (Fsp3) is 0.462. The van der Waals surface area contributed by atoms with Crippen LogP contribution in [-0.2, 0) is 0 Å². The molecule has 0 bridgehead atoms. The van der Waals surface area contributed by atoms with Crippen LogP contribution in [0.1, 0.15) is 23.7 Å². The van der Waals surface area contributed by atoms with Gasteiger partial charge in [-0.3, -0.25) is 4.79 Å². The summed E-state index contributed by atoms with van der Waals surface area (Å²) in [6.45, 7) is 2.78. The van der Waals surface area contributed by atoms with Gasteiger partial charge in [0.2, 0.25) is 0 Å². The monoisotopic (exact) mass is 332 g/mol. The molecule has 0 saturated carbocycles. The van der Waals surface area contributed by atoms with Crippen molar-refractivity contribution in [2.45, 2.75) is 13.3 Å². The third-order valence-corrected chi connectivity index (χ3v) is 3.85. The van der Waals surface area contributed by atoms with Crippen molar-refractivity contribution in [2.24, 2.45) is 0 Å². The lowest BCUT2D eigenvalue weighted by Crippen LogP contribution is -2.02. The molecule has 0 unspecified atom stereocenters. The second kappa shape index (κ2) is 8.43. The molecule has 0 saturated heterocycles. The van der Waals surface area contributed by atoms with Gasteiger partial charge in [-0.1, -0.05) is 6.92 Å². The quantitative estimate of drug-likeness (QED) is 0.536. The van der Waals surface area contributed by atoms with E-state index >= 15 is 0 Å². The zero-order chi connectivity index (χ0) is 13.4. The van der Waals surface area contributed by atoms with Gasteiger partial charge in [-0.2, -0.15) is 11.8 Å². The molecule has 1 rings (SSSR count). The molecule has 0 heterocycles. The normalized spacial score (nSPS) is 10.2. The maximum Gasteiger partial charge on any atom is 0.175 e. The zero-order valence-corrected chi connectivity index (χ0v) is 13.0. The van der Waals surface area contributed by atoms with Crippen LogP contribution in [0, 0.1) is 0 Å². The number of halogens is 1. The topological polar surface area (TPSA) is 35.5 Å². The average molecular weight is 333 g/mol. The van der Waals surface area contributed by atoms with Crippen LogP contribution in [0.3, 0.4) is 0 Å². The summed E-state index contributed by atoms with van der Waals surface area (Å²) in [5, 5.41) is 0. The molecule has 0 N–H and O–H groups in total. The number of carbonyl (C=O) groups excluding carboxylic acids is 1. The van der Waals surface area contributed by atoms with Crippen LogP contribution in [0.25, 0.3) is 0 Å². The third-order valence-electron chi connectivity index (χ3n) is 2.27. The van der Waals surface area contributed by atoms with E-state index in [0.29, 0.717) is 23.7 Å². The molecule has 1 aromatic carbocycles. The maximum absolute atomic E-state index is 10.8. The molecule has 0 spiro atoms. The minimum atomic E-state index is 0.563. The highest BCUT2D eigenvalue weighted by Crippen LogP contribution is 2.36. The first-order valence-corrected chi connectivity index (χ1v) is 7.71. The second-order valence-corrected chi connectivity index (χ2v) is 5.80. The molecule has 0 amide bonds. The minimum Gasteiger partial charge on any atom is -0.493 e. The largest absolute Gasteiger partial charge is 0.493 e. The highest BCUT2D eigenvalue weighted by molar-refractivity contribution is 9.10. The Morgan fingerprint density at radius 1 is 1.44 bits per heavy atom. The SMILES string of the molecule is CCSCCCOc1c(Br)cc(C=O)cc1OC. The van der Waals surface area contributed by atoms with Crippen molar-refractivity contribution in [3.05, 3.63) is 22.2 Å². The fourth-order valence-electron chi connectivity index (χ4n) is 1.43. The lowest BCUT2D eigenvalue weighted by molar-refractivity contribution is 0.112. The van der Waals surface area contributed by atoms with E-state index in [0.717, 1.165) is 28.7 Å². The molecule has 0 aliphatic carbocycles. The molecule has 5 heteroatoms. The summed E-state index contributed by atoms with van der Waals surface area (Å²) in [6.07, 6.45) is 1.78. The van der Waals surface area contributed by atoms with E-state index in [2.05, 4.69) is 22.9 Å². The van der Waals surface area contributed by atoms with Crippen molar-refractivity contribution in [3.63, 3.8) is 0 Å². The number of benzene rings is 1. The van der Waals surface area contributed by atoms with Gasteiger partial charge in [-0.25, -0.2) is 0 Å². The maximum atomic E-state index is 10.8. The molecule has 0 aliphatic heterocycles.